The Bertz CT molecular complexity index is 734. The molecule has 0 radical (unpaired) electrons. The number of rotatable bonds is 2. The Morgan fingerprint density at radius 2 is 2.00 bits per heavy atom. The number of aliphatic imine (C=N–C) groups is 1. The van der Waals surface area contributed by atoms with Gasteiger partial charge in [-0.15, -0.1) is 0 Å². The third-order valence-corrected chi connectivity index (χ3v) is 3.89. The van der Waals surface area contributed by atoms with Crippen LogP contribution in [0.4, 0.5) is 5.69 Å². The molecule has 106 valence electrons. The zero-order valence-electron chi connectivity index (χ0n) is 10.5. The van der Waals surface area contributed by atoms with E-state index in [0.717, 1.165) is 0 Å². The number of nitrogens with zero attached hydrogens (tertiary/aromatic N) is 1. The first-order chi connectivity index (χ1) is 10.1. The Hall–Kier alpha value is -1.69. The van der Waals surface area contributed by atoms with E-state index >= 15 is 0 Å². The Kier molecular flexibility index (Phi) is 4.05. The van der Waals surface area contributed by atoms with Gasteiger partial charge in [-0.05, 0) is 42.1 Å². The van der Waals surface area contributed by atoms with Crippen molar-refractivity contribution in [2.24, 2.45) is 4.99 Å². The standard InChI is InChI=1S/C14H8Cl2N2O2S/c15-8-4-9(16)6-10(5-8)17-14-18-13(19)12(21-14)7-11-2-1-3-20-11/h1-7H,(H,17,18,19)/b12-7+. The van der Waals surface area contributed by atoms with Crippen molar-refractivity contribution in [2.45, 2.75) is 0 Å². The topological polar surface area (TPSA) is 54.6 Å². The van der Waals surface area contributed by atoms with Gasteiger partial charge in [-0.3, -0.25) is 4.79 Å². The van der Waals surface area contributed by atoms with Gasteiger partial charge in [0.2, 0.25) is 0 Å². The molecule has 1 saturated heterocycles. The quantitative estimate of drug-likeness (QED) is 0.821. The predicted octanol–water partition coefficient (Wildman–Crippen LogP) is 4.48. The number of carbonyl (C=O) groups is 1. The van der Waals surface area contributed by atoms with E-state index in [0.29, 0.717) is 31.6 Å². The average molecular weight is 339 g/mol. The van der Waals surface area contributed by atoms with E-state index in [4.69, 9.17) is 27.6 Å². The highest BCUT2D eigenvalue weighted by Gasteiger charge is 2.24. The Morgan fingerprint density at radius 3 is 2.67 bits per heavy atom. The van der Waals surface area contributed by atoms with Gasteiger partial charge in [0.25, 0.3) is 5.91 Å². The zero-order valence-corrected chi connectivity index (χ0v) is 12.8. The maximum absolute atomic E-state index is 11.9. The maximum atomic E-state index is 11.9. The number of thioether (sulfide) groups is 1. The predicted molar refractivity (Wildman–Crippen MR) is 86.0 cm³/mol. The van der Waals surface area contributed by atoms with Crippen molar-refractivity contribution in [2.75, 3.05) is 0 Å². The van der Waals surface area contributed by atoms with Crippen molar-refractivity contribution < 1.29 is 9.21 Å². The fraction of sp³-hybridized carbons (Fsp3) is 0. The molecule has 1 aliphatic rings. The molecule has 2 heterocycles. The van der Waals surface area contributed by atoms with Crippen molar-refractivity contribution in [3.63, 3.8) is 0 Å². The second kappa shape index (κ2) is 5.97. The van der Waals surface area contributed by atoms with Gasteiger partial charge in [-0.25, -0.2) is 4.99 Å². The molecule has 1 aromatic heterocycles. The third kappa shape index (κ3) is 3.50. The number of halogens is 2. The van der Waals surface area contributed by atoms with Crippen molar-refractivity contribution >= 4 is 57.8 Å². The number of benzene rings is 1. The van der Waals surface area contributed by atoms with Crippen LogP contribution in [0, 0.1) is 0 Å². The Labute approximate surface area is 134 Å². The van der Waals surface area contributed by atoms with Crippen molar-refractivity contribution in [3.8, 4) is 0 Å². The molecule has 0 spiro atoms. The molecule has 1 N–H and O–H groups in total. The van der Waals surface area contributed by atoms with E-state index in [1.807, 2.05) is 0 Å². The summed E-state index contributed by atoms with van der Waals surface area (Å²) in [5.74, 6) is 0.392. The minimum atomic E-state index is -0.219. The van der Waals surface area contributed by atoms with Gasteiger partial charge < -0.3 is 9.73 Å². The van der Waals surface area contributed by atoms with Gasteiger partial charge in [0.1, 0.15) is 5.76 Å². The van der Waals surface area contributed by atoms with Crippen LogP contribution in [0.25, 0.3) is 6.08 Å². The second-order valence-corrected chi connectivity index (χ2v) is 6.03. The molecule has 0 atom stereocenters. The van der Waals surface area contributed by atoms with Crippen molar-refractivity contribution in [3.05, 3.63) is 57.3 Å². The van der Waals surface area contributed by atoms with E-state index in [-0.39, 0.29) is 5.91 Å². The van der Waals surface area contributed by atoms with Crippen LogP contribution >= 0.6 is 35.0 Å². The summed E-state index contributed by atoms with van der Waals surface area (Å²) in [5.41, 5.74) is 0.578. The highest BCUT2D eigenvalue weighted by Crippen LogP contribution is 2.30. The number of amidine groups is 1. The number of nitrogens with one attached hydrogen (secondary N) is 1. The molecule has 0 aliphatic carbocycles. The highest BCUT2D eigenvalue weighted by molar-refractivity contribution is 8.18. The SMILES string of the molecule is O=C1NC(=Nc2cc(Cl)cc(Cl)c2)S/C1=C/c1ccco1. The zero-order chi connectivity index (χ0) is 14.8. The van der Waals surface area contributed by atoms with Crippen molar-refractivity contribution in [1.29, 1.82) is 0 Å². The summed E-state index contributed by atoms with van der Waals surface area (Å²) in [7, 11) is 0. The molecule has 0 unspecified atom stereocenters. The summed E-state index contributed by atoms with van der Waals surface area (Å²) in [4.78, 5) is 16.7. The second-order valence-electron chi connectivity index (χ2n) is 4.12. The number of carbonyl (C=O) groups excluding carboxylic acids is 1. The van der Waals surface area contributed by atoms with Gasteiger partial charge in [0, 0.05) is 16.1 Å². The lowest BCUT2D eigenvalue weighted by molar-refractivity contribution is -0.115. The van der Waals surface area contributed by atoms with Crippen LogP contribution < -0.4 is 5.32 Å². The van der Waals surface area contributed by atoms with E-state index in [1.54, 1.807) is 42.7 Å². The molecule has 21 heavy (non-hydrogen) atoms. The van der Waals surface area contributed by atoms with E-state index in [2.05, 4.69) is 10.3 Å². The number of amides is 1. The fourth-order valence-corrected chi connectivity index (χ4v) is 3.04. The summed E-state index contributed by atoms with van der Waals surface area (Å²) in [6.45, 7) is 0. The molecule has 1 amide bonds. The molecule has 2 aromatic rings. The van der Waals surface area contributed by atoms with Gasteiger partial charge in [-0.2, -0.15) is 0 Å². The smallest absolute Gasteiger partial charge is 0.264 e. The average Bonchev–Trinajstić information content (AvgIpc) is 3.00. The molecule has 1 aromatic carbocycles. The number of hydrogen-bond donors (Lipinski definition) is 1. The minimum Gasteiger partial charge on any atom is -0.465 e. The van der Waals surface area contributed by atoms with Gasteiger partial charge in [0.15, 0.2) is 5.17 Å². The molecule has 4 nitrogen and oxygen atoms in total. The van der Waals surface area contributed by atoms with Gasteiger partial charge in [-0.1, -0.05) is 23.2 Å². The van der Waals surface area contributed by atoms with Gasteiger partial charge in [0.05, 0.1) is 16.9 Å². The van der Waals surface area contributed by atoms with Crippen LogP contribution in [0.1, 0.15) is 5.76 Å². The lowest BCUT2D eigenvalue weighted by Gasteiger charge is -1.98. The number of furan rings is 1. The molecule has 0 bridgehead atoms. The lowest BCUT2D eigenvalue weighted by Crippen LogP contribution is -2.19. The third-order valence-electron chi connectivity index (χ3n) is 2.55. The first-order valence-electron chi connectivity index (χ1n) is 5.89. The summed E-state index contributed by atoms with van der Waals surface area (Å²) in [6.07, 6.45) is 3.21. The van der Waals surface area contributed by atoms with Gasteiger partial charge >= 0.3 is 0 Å². The maximum Gasteiger partial charge on any atom is 0.264 e. The molecule has 1 fully saturated rings. The first-order valence-corrected chi connectivity index (χ1v) is 7.46. The largest absolute Gasteiger partial charge is 0.465 e. The Morgan fingerprint density at radius 1 is 1.24 bits per heavy atom. The van der Waals surface area contributed by atoms with E-state index in [1.165, 1.54) is 11.8 Å². The Balaban J connectivity index is 1.85. The summed E-state index contributed by atoms with van der Waals surface area (Å²) < 4.78 is 5.18. The molecule has 0 saturated carbocycles. The molecule has 7 heteroatoms. The highest BCUT2D eigenvalue weighted by atomic mass is 35.5. The van der Waals surface area contributed by atoms with E-state index in [9.17, 15) is 4.79 Å². The van der Waals surface area contributed by atoms with E-state index < -0.39 is 0 Å². The summed E-state index contributed by atoms with van der Waals surface area (Å²) >= 11 is 13.1. The molecule has 1 aliphatic heterocycles. The lowest BCUT2D eigenvalue weighted by atomic mass is 10.3. The molecular weight excluding hydrogens is 331 g/mol. The van der Waals surface area contributed by atoms with Crippen LogP contribution in [-0.4, -0.2) is 11.1 Å². The minimum absolute atomic E-state index is 0.219. The van der Waals surface area contributed by atoms with Crippen LogP contribution in [-0.2, 0) is 4.79 Å². The first kappa shape index (κ1) is 14.3. The summed E-state index contributed by atoms with van der Waals surface area (Å²) in [6, 6.07) is 8.48. The van der Waals surface area contributed by atoms with Crippen LogP contribution in [0.2, 0.25) is 10.0 Å². The molecular formula is C14H8Cl2N2O2S. The normalized spacial score (nSPS) is 18.5. The number of hydrogen-bond acceptors (Lipinski definition) is 4. The van der Waals surface area contributed by atoms with Crippen LogP contribution in [0.15, 0.2) is 50.9 Å². The van der Waals surface area contributed by atoms with Crippen LogP contribution in [0.3, 0.4) is 0 Å². The van der Waals surface area contributed by atoms with Crippen molar-refractivity contribution in [1.82, 2.24) is 5.32 Å². The molecule has 3 rings (SSSR count). The monoisotopic (exact) mass is 338 g/mol. The summed E-state index contributed by atoms with van der Waals surface area (Å²) in [5, 5.41) is 4.13. The van der Waals surface area contributed by atoms with Crippen LogP contribution in [0.5, 0.6) is 0 Å². The fourth-order valence-electron chi connectivity index (χ4n) is 1.70.